The highest BCUT2D eigenvalue weighted by atomic mass is 16.1. The largest absolute Gasteiger partial charge is 0.299 e. The van der Waals surface area contributed by atoms with E-state index < -0.39 is 0 Å². The second-order valence-electron chi connectivity index (χ2n) is 3.92. The average molecular weight is 229 g/mol. The van der Waals surface area contributed by atoms with Crippen LogP contribution in [0.25, 0.3) is 0 Å². The van der Waals surface area contributed by atoms with Gasteiger partial charge in [-0.2, -0.15) is 5.10 Å². The second-order valence-corrected chi connectivity index (χ2v) is 3.92. The molecule has 0 N–H and O–H groups in total. The van der Waals surface area contributed by atoms with Crippen molar-refractivity contribution in [1.82, 2.24) is 14.8 Å². The molecule has 0 radical (unpaired) electrons. The molecule has 0 aliphatic carbocycles. The highest BCUT2D eigenvalue weighted by Gasteiger charge is 2.07. The summed E-state index contributed by atoms with van der Waals surface area (Å²) in [6.07, 6.45) is 6.18. The van der Waals surface area contributed by atoms with E-state index in [-0.39, 0.29) is 5.78 Å². The van der Waals surface area contributed by atoms with Crippen molar-refractivity contribution in [3.05, 3.63) is 48.0 Å². The van der Waals surface area contributed by atoms with Crippen LogP contribution in [0.1, 0.15) is 18.2 Å². The number of hydrogen-bond acceptors (Lipinski definition) is 3. The number of aryl methyl sites for hydroxylation is 1. The standard InChI is InChI=1S/C13H15N3O/c1-2-16-10-11(9-15-16)7-13(17)8-12-5-3-4-6-14-12/h3-6,9-10H,2,7-8H2,1H3. The first kappa shape index (κ1) is 11.5. The molecule has 2 rings (SSSR count). The van der Waals surface area contributed by atoms with Gasteiger partial charge in [0.05, 0.1) is 6.20 Å². The summed E-state index contributed by atoms with van der Waals surface area (Å²) in [5, 5.41) is 4.14. The first-order chi connectivity index (χ1) is 8.28. The number of nitrogens with zero attached hydrogens (tertiary/aromatic N) is 3. The fraction of sp³-hybridized carbons (Fsp3) is 0.308. The maximum atomic E-state index is 11.8. The lowest BCUT2D eigenvalue weighted by atomic mass is 10.1. The van der Waals surface area contributed by atoms with Gasteiger partial charge in [-0.1, -0.05) is 6.07 Å². The number of carbonyl (C=O) groups is 1. The number of carbonyl (C=O) groups excluding carboxylic acids is 1. The summed E-state index contributed by atoms with van der Waals surface area (Å²) in [4.78, 5) is 15.9. The summed E-state index contributed by atoms with van der Waals surface area (Å²) < 4.78 is 1.82. The number of hydrogen-bond donors (Lipinski definition) is 0. The fourth-order valence-electron chi connectivity index (χ4n) is 1.67. The Labute approximate surface area is 100 Å². The van der Waals surface area contributed by atoms with Crippen LogP contribution in [-0.2, 0) is 24.2 Å². The normalized spacial score (nSPS) is 10.4. The molecule has 0 aliphatic rings. The van der Waals surface area contributed by atoms with Crippen LogP contribution in [0.5, 0.6) is 0 Å². The van der Waals surface area contributed by atoms with Crippen LogP contribution in [0.4, 0.5) is 0 Å². The monoisotopic (exact) mass is 229 g/mol. The Morgan fingerprint density at radius 1 is 1.35 bits per heavy atom. The molecule has 0 bridgehead atoms. The number of Topliss-reactive ketones (excluding diaryl/α,β-unsaturated/α-hetero) is 1. The molecular formula is C13H15N3O. The molecule has 0 amide bonds. The molecule has 0 aromatic carbocycles. The van der Waals surface area contributed by atoms with Crippen LogP contribution in [0.3, 0.4) is 0 Å². The van der Waals surface area contributed by atoms with Gasteiger partial charge in [0.1, 0.15) is 5.78 Å². The molecule has 0 unspecified atom stereocenters. The lowest BCUT2D eigenvalue weighted by Crippen LogP contribution is -2.07. The third kappa shape index (κ3) is 3.24. The Balaban J connectivity index is 1.93. The molecule has 2 heterocycles. The number of ketones is 1. The molecule has 0 spiro atoms. The summed E-state index contributed by atoms with van der Waals surface area (Å²) in [6, 6.07) is 5.61. The van der Waals surface area contributed by atoms with Gasteiger partial charge < -0.3 is 0 Å². The Bertz CT molecular complexity index is 490. The van der Waals surface area contributed by atoms with Gasteiger partial charge >= 0.3 is 0 Å². The van der Waals surface area contributed by atoms with E-state index in [9.17, 15) is 4.79 Å². The minimum Gasteiger partial charge on any atom is -0.299 e. The number of rotatable bonds is 5. The van der Waals surface area contributed by atoms with Gasteiger partial charge in [-0.25, -0.2) is 0 Å². The quantitative estimate of drug-likeness (QED) is 0.783. The van der Waals surface area contributed by atoms with E-state index >= 15 is 0 Å². The number of aromatic nitrogens is 3. The van der Waals surface area contributed by atoms with Gasteiger partial charge in [0.25, 0.3) is 0 Å². The molecular weight excluding hydrogens is 214 g/mol. The average Bonchev–Trinajstić information content (AvgIpc) is 2.78. The zero-order chi connectivity index (χ0) is 12.1. The van der Waals surface area contributed by atoms with Crippen molar-refractivity contribution in [2.24, 2.45) is 0 Å². The van der Waals surface area contributed by atoms with Gasteiger partial charge in [0.15, 0.2) is 0 Å². The van der Waals surface area contributed by atoms with Crippen LogP contribution in [-0.4, -0.2) is 20.5 Å². The predicted molar refractivity (Wildman–Crippen MR) is 64.6 cm³/mol. The van der Waals surface area contributed by atoms with Crippen molar-refractivity contribution in [1.29, 1.82) is 0 Å². The Morgan fingerprint density at radius 2 is 2.24 bits per heavy atom. The van der Waals surface area contributed by atoms with Crippen LogP contribution < -0.4 is 0 Å². The molecule has 4 nitrogen and oxygen atoms in total. The first-order valence-corrected chi connectivity index (χ1v) is 5.71. The van der Waals surface area contributed by atoms with Crippen molar-refractivity contribution in [2.75, 3.05) is 0 Å². The van der Waals surface area contributed by atoms with Gasteiger partial charge in [0, 0.05) is 37.5 Å². The van der Waals surface area contributed by atoms with Crippen molar-refractivity contribution in [3.8, 4) is 0 Å². The van der Waals surface area contributed by atoms with Crippen molar-refractivity contribution < 1.29 is 4.79 Å². The molecule has 2 aromatic rings. The van der Waals surface area contributed by atoms with Crippen LogP contribution >= 0.6 is 0 Å². The minimum atomic E-state index is 0.166. The van der Waals surface area contributed by atoms with E-state index in [1.54, 1.807) is 12.4 Å². The fourth-order valence-corrected chi connectivity index (χ4v) is 1.67. The highest BCUT2D eigenvalue weighted by molar-refractivity contribution is 5.82. The highest BCUT2D eigenvalue weighted by Crippen LogP contribution is 2.03. The predicted octanol–water partition coefficient (Wildman–Crippen LogP) is 1.65. The zero-order valence-electron chi connectivity index (χ0n) is 9.84. The smallest absolute Gasteiger partial charge is 0.143 e. The van der Waals surface area contributed by atoms with Gasteiger partial charge in [0.2, 0.25) is 0 Å². The van der Waals surface area contributed by atoms with E-state index in [4.69, 9.17) is 0 Å². The summed E-state index contributed by atoms with van der Waals surface area (Å²) in [6.45, 7) is 2.85. The molecule has 0 saturated heterocycles. The maximum absolute atomic E-state index is 11.8. The van der Waals surface area contributed by atoms with Crippen LogP contribution in [0, 0.1) is 0 Å². The molecule has 0 fully saturated rings. The van der Waals surface area contributed by atoms with E-state index in [1.807, 2.05) is 36.0 Å². The van der Waals surface area contributed by atoms with E-state index in [2.05, 4.69) is 10.1 Å². The Kier molecular flexibility index (Phi) is 3.65. The van der Waals surface area contributed by atoms with Crippen molar-refractivity contribution >= 4 is 5.78 Å². The number of pyridine rings is 1. The molecule has 0 atom stereocenters. The first-order valence-electron chi connectivity index (χ1n) is 5.71. The van der Waals surface area contributed by atoms with Gasteiger partial charge in [-0.15, -0.1) is 0 Å². The summed E-state index contributed by atoms with van der Waals surface area (Å²) >= 11 is 0. The lowest BCUT2D eigenvalue weighted by Gasteiger charge is -1.98. The van der Waals surface area contributed by atoms with Crippen LogP contribution in [0.2, 0.25) is 0 Å². The van der Waals surface area contributed by atoms with Crippen molar-refractivity contribution in [3.63, 3.8) is 0 Å². The summed E-state index contributed by atoms with van der Waals surface area (Å²) in [5.74, 6) is 0.166. The van der Waals surface area contributed by atoms with E-state index in [0.29, 0.717) is 12.8 Å². The molecule has 88 valence electrons. The SMILES string of the molecule is CCn1cc(CC(=O)Cc2ccccn2)cn1. The third-order valence-electron chi connectivity index (χ3n) is 2.52. The Hall–Kier alpha value is -1.97. The molecule has 17 heavy (non-hydrogen) atoms. The van der Waals surface area contributed by atoms with E-state index in [0.717, 1.165) is 17.8 Å². The topological polar surface area (TPSA) is 47.8 Å². The summed E-state index contributed by atoms with van der Waals surface area (Å²) in [5.41, 5.74) is 1.79. The van der Waals surface area contributed by atoms with E-state index in [1.165, 1.54) is 0 Å². The third-order valence-corrected chi connectivity index (χ3v) is 2.52. The lowest BCUT2D eigenvalue weighted by molar-refractivity contribution is -0.117. The molecule has 2 aromatic heterocycles. The second kappa shape index (κ2) is 5.39. The molecule has 0 saturated carbocycles. The van der Waals surface area contributed by atoms with Crippen LogP contribution in [0.15, 0.2) is 36.8 Å². The zero-order valence-corrected chi connectivity index (χ0v) is 9.84. The minimum absolute atomic E-state index is 0.166. The van der Waals surface area contributed by atoms with Crippen molar-refractivity contribution in [2.45, 2.75) is 26.3 Å². The maximum Gasteiger partial charge on any atom is 0.143 e. The molecule has 4 heteroatoms. The Morgan fingerprint density at radius 3 is 2.88 bits per heavy atom. The van der Waals surface area contributed by atoms with Gasteiger partial charge in [-0.3, -0.25) is 14.5 Å². The van der Waals surface area contributed by atoms with Gasteiger partial charge in [-0.05, 0) is 24.6 Å². The summed E-state index contributed by atoms with van der Waals surface area (Å²) in [7, 11) is 0. The molecule has 0 aliphatic heterocycles.